The number of ether oxygens (including phenoxy) is 2. The molecule has 3 unspecified atom stereocenters. The van der Waals surface area contributed by atoms with Crippen LogP contribution in [0.5, 0.6) is 11.6 Å². The number of nitrogens with one attached hydrogen (secondary N) is 1. The Hall–Kier alpha value is -3.69. The van der Waals surface area contributed by atoms with Crippen LogP contribution in [0, 0.1) is 11.8 Å². The van der Waals surface area contributed by atoms with Gasteiger partial charge < -0.3 is 26.3 Å². The van der Waals surface area contributed by atoms with Crippen molar-refractivity contribution in [2.45, 2.75) is 69.7 Å². The van der Waals surface area contributed by atoms with Gasteiger partial charge in [0.2, 0.25) is 5.88 Å². The Morgan fingerprint density at radius 1 is 1.21 bits per heavy atom. The molecule has 3 fully saturated rings. The third-order valence-corrected chi connectivity index (χ3v) is 7.51. The molecule has 2 amide bonds. The quantitative estimate of drug-likeness (QED) is 0.406. The molecule has 0 spiro atoms. The average molecular weight is 524 g/mol. The molecule has 3 aliphatic rings. The summed E-state index contributed by atoms with van der Waals surface area (Å²) >= 11 is 0. The average Bonchev–Trinajstić information content (AvgIpc) is 3.66. The number of carbonyl (C=O) groups excluding carboxylic acids is 2. The molecule has 4 atom stereocenters. The molecule has 9 nitrogen and oxygen atoms in total. The van der Waals surface area contributed by atoms with Gasteiger partial charge in [-0.15, -0.1) is 0 Å². The van der Waals surface area contributed by atoms with E-state index >= 15 is 0 Å². The van der Waals surface area contributed by atoms with Crippen LogP contribution in [0.1, 0.15) is 73.6 Å². The van der Waals surface area contributed by atoms with Gasteiger partial charge in [-0.3, -0.25) is 9.59 Å². The Balaban J connectivity index is 1.22. The predicted molar refractivity (Wildman–Crippen MR) is 139 cm³/mol. The van der Waals surface area contributed by atoms with Gasteiger partial charge in [-0.05, 0) is 76.1 Å². The highest BCUT2D eigenvalue weighted by Gasteiger charge is 2.50. The molecule has 10 heteroatoms. The van der Waals surface area contributed by atoms with Crippen LogP contribution >= 0.6 is 0 Å². The molecule has 0 aromatic carbocycles. The number of nitrogens with two attached hydrogens (primary N) is 2. The number of amides is 2. The molecule has 5 rings (SSSR count). The summed E-state index contributed by atoms with van der Waals surface area (Å²) in [5.74, 6) is 0.854. The lowest BCUT2D eigenvalue weighted by Crippen LogP contribution is -2.42. The highest BCUT2D eigenvalue weighted by atomic mass is 19.1. The number of fused-ring (bicyclic) bond motifs is 1. The van der Waals surface area contributed by atoms with Crippen LogP contribution in [0.2, 0.25) is 0 Å². The van der Waals surface area contributed by atoms with Crippen molar-refractivity contribution < 1.29 is 23.5 Å². The molecular formula is C28H34FN5O4. The molecule has 0 radical (unpaired) electrons. The third kappa shape index (κ3) is 5.58. The van der Waals surface area contributed by atoms with Gasteiger partial charge in [0.05, 0.1) is 17.0 Å². The molecule has 2 aromatic rings. The summed E-state index contributed by atoms with van der Waals surface area (Å²) in [4.78, 5) is 33.8. The van der Waals surface area contributed by atoms with Crippen molar-refractivity contribution in [1.29, 1.82) is 0 Å². The largest absolute Gasteiger partial charge is 0.488 e. The van der Waals surface area contributed by atoms with Gasteiger partial charge in [-0.1, -0.05) is 0 Å². The first kappa shape index (κ1) is 25.9. The molecule has 2 heterocycles. The van der Waals surface area contributed by atoms with Gasteiger partial charge in [0.15, 0.2) is 0 Å². The minimum atomic E-state index is -1.46. The second-order valence-electron chi connectivity index (χ2n) is 11.1. The second-order valence-corrected chi connectivity index (χ2v) is 11.1. The smallest absolute Gasteiger partial charge is 0.255 e. The lowest BCUT2D eigenvalue weighted by Gasteiger charge is -2.39. The number of carbonyl (C=O) groups is 2. The maximum Gasteiger partial charge on any atom is 0.255 e. The summed E-state index contributed by atoms with van der Waals surface area (Å²) in [5, 5.41) is 3.11. The standard InChI is InChI=1S/C28H34FN5O4/c1-28(2,29)14-37-22-8-7-21(34-24(22)15-5-6-15)20(13-30)26(36)33-17-10-16-11-23(19(16)12-17)38-27-18(25(31)35)4-3-9-32-27/h3-4,7-9,13,15-17,19,23H,5-6,10-12,14,30H2,1-2H3,(H2,31,35)(H,33,36)/t16?,17?,19?,23-/m0/s1. The molecule has 2 aromatic heterocycles. The Kier molecular flexibility index (Phi) is 6.98. The topological polar surface area (TPSA) is 142 Å². The van der Waals surface area contributed by atoms with Crippen molar-refractivity contribution >= 4 is 17.4 Å². The molecule has 0 bridgehead atoms. The van der Waals surface area contributed by atoms with Crippen molar-refractivity contribution in [3.05, 3.63) is 53.6 Å². The molecule has 0 saturated heterocycles. The van der Waals surface area contributed by atoms with Gasteiger partial charge in [-0.2, -0.15) is 0 Å². The van der Waals surface area contributed by atoms with E-state index in [1.807, 2.05) is 0 Å². The summed E-state index contributed by atoms with van der Waals surface area (Å²) in [6.07, 6.45) is 7.15. The molecule has 5 N–H and O–H groups in total. The zero-order valence-electron chi connectivity index (χ0n) is 21.7. The minimum absolute atomic E-state index is 0.0299. The minimum Gasteiger partial charge on any atom is -0.488 e. The van der Waals surface area contributed by atoms with Crippen molar-refractivity contribution in [2.24, 2.45) is 23.3 Å². The number of halogens is 1. The molecule has 3 aliphatic carbocycles. The fourth-order valence-corrected chi connectivity index (χ4v) is 5.40. The highest BCUT2D eigenvalue weighted by Crippen LogP contribution is 2.49. The number of aromatic nitrogens is 2. The van der Waals surface area contributed by atoms with E-state index in [0.717, 1.165) is 37.8 Å². The summed E-state index contributed by atoms with van der Waals surface area (Å²) in [6.45, 7) is 2.85. The van der Waals surface area contributed by atoms with Gasteiger partial charge in [0.25, 0.3) is 11.8 Å². The van der Waals surface area contributed by atoms with Crippen LogP contribution in [0.3, 0.4) is 0 Å². The molecule has 3 saturated carbocycles. The highest BCUT2D eigenvalue weighted by molar-refractivity contribution is 6.18. The van der Waals surface area contributed by atoms with Crippen LogP contribution in [-0.4, -0.2) is 46.2 Å². The first-order chi connectivity index (χ1) is 18.1. The van der Waals surface area contributed by atoms with Gasteiger partial charge in [0.1, 0.15) is 29.7 Å². The zero-order valence-corrected chi connectivity index (χ0v) is 21.7. The summed E-state index contributed by atoms with van der Waals surface area (Å²) in [6, 6.07) is 6.65. The Morgan fingerprint density at radius 3 is 2.68 bits per heavy atom. The van der Waals surface area contributed by atoms with Crippen LogP contribution in [-0.2, 0) is 4.79 Å². The second kappa shape index (κ2) is 10.2. The summed E-state index contributed by atoms with van der Waals surface area (Å²) in [7, 11) is 0. The number of rotatable bonds is 10. The van der Waals surface area contributed by atoms with Gasteiger partial charge in [-0.25, -0.2) is 14.4 Å². The van der Waals surface area contributed by atoms with Crippen molar-refractivity contribution in [3.63, 3.8) is 0 Å². The Bertz CT molecular complexity index is 1260. The van der Waals surface area contributed by atoms with Gasteiger partial charge in [0, 0.05) is 30.3 Å². The van der Waals surface area contributed by atoms with E-state index in [-0.39, 0.29) is 53.5 Å². The lowest BCUT2D eigenvalue weighted by atomic mass is 9.73. The monoisotopic (exact) mass is 523 g/mol. The molecule has 202 valence electrons. The van der Waals surface area contributed by atoms with Crippen molar-refractivity contribution in [1.82, 2.24) is 15.3 Å². The maximum absolute atomic E-state index is 14.0. The van der Waals surface area contributed by atoms with Crippen molar-refractivity contribution in [3.8, 4) is 11.6 Å². The number of alkyl halides is 1. The van der Waals surface area contributed by atoms with Crippen LogP contribution in [0.15, 0.2) is 36.7 Å². The van der Waals surface area contributed by atoms with Crippen molar-refractivity contribution in [2.75, 3.05) is 6.61 Å². The number of primary amides is 1. The Morgan fingerprint density at radius 2 is 2.00 bits per heavy atom. The number of nitrogens with zero attached hydrogens (tertiary/aromatic N) is 2. The fraction of sp³-hybridized carbons (Fsp3) is 0.500. The first-order valence-electron chi connectivity index (χ1n) is 13.1. The lowest BCUT2D eigenvalue weighted by molar-refractivity contribution is -0.116. The number of hydrogen-bond acceptors (Lipinski definition) is 7. The van der Waals surface area contributed by atoms with Crippen LogP contribution in [0.4, 0.5) is 4.39 Å². The molecular weight excluding hydrogens is 489 g/mol. The van der Waals surface area contributed by atoms with E-state index < -0.39 is 11.6 Å². The SMILES string of the molecule is CC(C)(F)COc1ccc(C(=CN)C(=O)NC2CC3C[C@H](Oc4ncccc4C(N)=O)C3C2)nc1C1CC1. The van der Waals surface area contributed by atoms with Crippen LogP contribution in [0.25, 0.3) is 5.57 Å². The maximum atomic E-state index is 14.0. The number of hydrogen-bond donors (Lipinski definition) is 3. The van der Waals surface area contributed by atoms with E-state index in [1.165, 1.54) is 20.0 Å². The molecule has 38 heavy (non-hydrogen) atoms. The normalized spacial score (nSPS) is 24.8. The van der Waals surface area contributed by atoms with E-state index in [1.54, 1.807) is 30.5 Å². The zero-order chi connectivity index (χ0) is 27.0. The van der Waals surface area contributed by atoms with E-state index in [9.17, 15) is 14.0 Å². The van der Waals surface area contributed by atoms with Gasteiger partial charge >= 0.3 is 0 Å². The predicted octanol–water partition coefficient (Wildman–Crippen LogP) is 3.24. The van der Waals surface area contributed by atoms with E-state index in [0.29, 0.717) is 17.4 Å². The fourth-order valence-electron chi connectivity index (χ4n) is 5.40. The van der Waals surface area contributed by atoms with Crippen LogP contribution < -0.4 is 26.3 Å². The summed E-state index contributed by atoms with van der Waals surface area (Å²) in [5.41, 5.74) is 11.6. The van der Waals surface area contributed by atoms with E-state index in [4.69, 9.17) is 25.9 Å². The van der Waals surface area contributed by atoms with E-state index in [2.05, 4.69) is 10.3 Å². The number of pyridine rings is 2. The molecule has 0 aliphatic heterocycles. The Labute approximate surface area is 221 Å². The third-order valence-electron chi connectivity index (χ3n) is 7.51. The summed E-state index contributed by atoms with van der Waals surface area (Å²) < 4.78 is 25.7. The first-order valence-corrected chi connectivity index (χ1v) is 13.1.